The zero-order valence-electron chi connectivity index (χ0n) is 21.0. The molecule has 0 aromatic heterocycles. The van der Waals surface area contributed by atoms with Crippen molar-refractivity contribution in [2.75, 3.05) is 26.4 Å². The van der Waals surface area contributed by atoms with Crippen LogP contribution in [0.4, 0.5) is 0 Å². The summed E-state index contributed by atoms with van der Waals surface area (Å²) in [4.78, 5) is 0. The molecule has 2 aromatic carbocycles. The molecule has 0 aliphatic carbocycles. The quantitative estimate of drug-likeness (QED) is 0.218. The Kier molecular flexibility index (Phi) is 24.7. The first-order valence-electron chi connectivity index (χ1n) is 11.7. The van der Waals surface area contributed by atoms with Crippen molar-refractivity contribution in [2.24, 2.45) is 0 Å². The molecule has 2 unspecified atom stereocenters. The van der Waals surface area contributed by atoms with E-state index in [0.717, 1.165) is 35.8 Å². The lowest BCUT2D eigenvalue weighted by molar-refractivity contribution is 0.263. The van der Waals surface area contributed by atoms with Gasteiger partial charge in [0.15, 0.2) is 0 Å². The second kappa shape index (κ2) is 23.6. The van der Waals surface area contributed by atoms with Gasteiger partial charge in [0.2, 0.25) is 0 Å². The molecule has 2 saturated heterocycles. The number of benzene rings is 2. The van der Waals surface area contributed by atoms with Gasteiger partial charge in [0.1, 0.15) is 36.9 Å². The van der Waals surface area contributed by atoms with Gasteiger partial charge in [-0.1, -0.05) is 79.7 Å². The standard InChI is InChI=1S/C18H18O4.4C2H6.I2/c1-5-15(19-9-17-11-21-17)6-2-13(1)14-3-7-16(8-4-14)20-10-18-12-22-18;5*1-2/h1-8,17-18H,9-12H2;4*1-2H3;. The van der Waals surface area contributed by atoms with Crippen LogP contribution in [0, 0.1) is 0 Å². The first-order chi connectivity index (χ1) is 15.9. The lowest BCUT2D eigenvalue weighted by atomic mass is 10.1. The lowest BCUT2D eigenvalue weighted by Crippen LogP contribution is -2.03. The smallest absolute Gasteiger partial charge is 0.119 e. The summed E-state index contributed by atoms with van der Waals surface area (Å²) in [6.45, 7) is 18.9. The van der Waals surface area contributed by atoms with Crippen molar-refractivity contribution in [3.63, 3.8) is 0 Å². The minimum Gasteiger partial charge on any atom is -0.491 e. The highest BCUT2D eigenvalue weighted by Crippen LogP contribution is 2.25. The van der Waals surface area contributed by atoms with Gasteiger partial charge in [-0.05, 0) is 35.4 Å². The average Bonchev–Trinajstić information content (AvgIpc) is 3.84. The van der Waals surface area contributed by atoms with Gasteiger partial charge >= 0.3 is 0 Å². The third-order valence-electron chi connectivity index (χ3n) is 3.72. The van der Waals surface area contributed by atoms with Crippen molar-refractivity contribution in [3.8, 4) is 22.6 Å². The van der Waals surface area contributed by atoms with E-state index in [4.69, 9.17) is 18.9 Å². The molecule has 0 saturated carbocycles. The Balaban J connectivity index is 0. The fraction of sp³-hybridized carbons (Fsp3) is 0.538. The molecule has 184 valence electrons. The Bertz CT molecular complexity index is 568. The molecule has 0 amide bonds. The maximum Gasteiger partial charge on any atom is 0.119 e. The van der Waals surface area contributed by atoms with Gasteiger partial charge in [-0.25, -0.2) is 0 Å². The number of rotatable bonds is 7. The first-order valence-corrected chi connectivity index (χ1v) is 18.0. The van der Waals surface area contributed by atoms with E-state index >= 15 is 0 Å². The van der Waals surface area contributed by atoms with Crippen LogP contribution in [-0.4, -0.2) is 38.6 Å². The number of hydrogen-bond donors (Lipinski definition) is 0. The van der Waals surface area contributed by atoms with Gasteiger partial charge in [0.25, 0.3) is 0 Å². The molecule has 2 aromatic rings. The molecule has 2 atom stereocenters. The molecule has 2 aliphatic rings. The minimum absolute atomic E-state index is 0.285. The Hall–Kier alpha value is -0.580. The van der Waals surface area contributed by atoms with Crippen molar-refractivity contribution in [2.45, 2.75) is 67.6 Å². The summed E-state index contributed by atoms with van der Waals surface area (Å²) < 4.78 is 21.5. The van der Waals surface area contributed by atoms with Crippen LogP contribution in [0.2, 0.25) is 0 Å². The molecule has 0 bridgehead atoms. The van der Waals surface area contributed by atoms with Crippen molar-refractivity contribution in [1.82, 2.24) is 0 Å². The van der Waals surface area contributed by atoms with Crippen molar-refractivity contribution >= 4 is 37.2 Å². The van der Waals surface area contributed by atoms with Gasteiger partial charge in [0, 0.05) is 37.2 Å². The number of epoxide rings is 2. The Morgan fingerprint density at radius 1 is 0.594 bits per heavy atom. The van der Waals surface area contributed by atoms with Crippen LogP contribution in [0.1, 0.15) is 55.4 Å². The monoisotopic (exact) mass is 672 g/mol. The van der Waals surface area contributed by atoms with E-state index in [1.165, 1.54) is 0 Å². The highest BCUT2D eigenvalue weighted by atomic mass is 128. The summed E-state index contributed by atoms with van der Waals surface area (Å²) in [5.41, 5.74) is 2.32. The van der Waals surface area contributed by atoms with Gasteiger partial charge in [-0.15, -0.1) is 0 Å². The third kappa shape index (κ3) is 15.3. The second-order valence-electron chi connectivity index (χ2n) is 5.58. The molecule has 2 heterocycles. The molecule has 0 radical (unpaired) electrons. The molecule has 32 heavy (non-hydrogen) atoms. The van der Waals surface area contributed by atoms with Crippen molar-refractivity contribution in [3.05, 3.63) is 48.5 Å². The van der Waals surface area contributed by atoms with Gasteiger partial charge in [-0.3, -0.25) is 0 Å². The molecule has 4 rings (SSSR count). The molecule has 4 nitrogen and oxygen atoms in total. The molecular weight excluding hydrogens is 630 g/mol. The van der Waals surface area contributed by atoms with E-state index in [1.54, 1.807) is 0 Å². The normalized spacial score (nSPS) is 16.2. The maximum absolute atomic E-state index is 5.64. The molecule has 6 heteroatoms. The SMILES string of the molecule is CC.CC.CC.CC.II.c1cc(-c2ccc(OCC3CO3)cc2)ccc1OCC1CO1. The topological polar surface area (TPSA) is 43.5 Å². The van der Waals surface area contributed by atoms with Crippen molar-refractivity contribution < 1.29 is 18.9 Å². The third-order valence-corrected chi connectivity index (χ3v) is 3.72. The van der Waals surface area contributed by atoms with E-state index in [9.17, 15) is 0 Å². The first kappa shape index (κ1) is 33.6. The largest absolute Gasteiger partial charge is 0.491 e. The summed E-state index contributed by atoms with van der Waals surface area (Å²) in [6, 6.07) is 16.2. The van der Waals surface area contributed by atoms with Gasteiger partial charge in [-0.2, -0.15) is 0 Å². The highest BCUT2D eigenvalue weighted by Gasteiger charge is 2.23. The summed E-state index contributed by atoms with van der Waals surface area (Å²) in [5.74, 6) is 1.76. The van der Waals surface area contributed by atoms with E-state index in [1.807, 2.05) is 79.7 Å². The van der Waals surface area contributed by atoms with Crippen LogP contribution >= 0.6 is 37.2 Å². The zero-order chi connectivity index (χ0) is 24.8. The fourth-order valence-corrected chi connectivity index (χ4v) is 2.19. The van der Waals surface area contributed by atoms with Crippen LogP contribution in [0.25, 0.3) is 11.1 Å². The summed E-state index contributed by atoms with van der Waals surface area (Å²) in [7, 11) is 0. The number of ether oxygens (including phenoxy) is 4. The van der Waals surface area contributed by atoms with Crippen molar-refractivity contribution in [1.29, 1.82) is 0 Å². The van der Waals surface area contributed by atoms with E-state index < -0.39 is 0 Å². The minimum atomic E-state index is 0.285. The molecular formula is C26H42I2O4. The Morgan fingerprint density at radius 2 is 0.844 bits per heavy atom. The molecule has 0 N–H and O–H groups in total. The van der Waals surface area contributed by atoms with Crippen LogP contribution in [0.15, 0.2) is 48.5 Å². The van der Waals surface area contributed by atoms with Crippen LogP contribution in [-0.2, 0) is 9.47 Å². The summed E-state index contributed by atoms with van der Waals surface area (Å²) in [5, 5.41) is 0. The Morgan fingerprint density at radius 3 is 1.06 bits per heavy atom. The number of hydrogen-bond acceptors (Lipinski definition) is 4. The average molecular weight is 672 g/mol. The molecule has 2 aliphatic heterocycles. The molecule has 2 fully saturated rings. The maximum atomic E-state index is 5.64. The van der Waals surface area contributed by atoms with E-state index in [2.05, 4.69) is 61.5 Å². The van der Waals surface area contributed by atoms with Gasteiger partial charge < -0.3 is 18.9 Å². The zero-order valence-corrected chi connectivity index (χ0v) is 25.3. The lowest BCUT2D eigenvalue weighted by Gasteiger charge is -2.08. The highest BCUT2D eigenvalue weighted by molar-refractivity contribution is 15.0. The van der Waals surface area contributed by atoms with Crippen LogP contribution in [0.5, 0.6) is 11.5 Å². The summed E-state index contributed by atoms with van der Waals surface area (Å²) >= 11 is 4.24. The summed E-state index contributed by atoms with van der Waals surface area (Å²) in [6.07, 6.45) is 0.571. The predicted molar refractivity (Wildman–Crippen MR) is 156 cm³/mol. The second-order valence-corrected chi connectivity index (χ2v) is 5.58. The van der Waals surface area contributed by atoms with Crippen LogP contribution < -0.4 is 9.47 Å². The van der Waals surface area contributed by atoms with Gasteiger partial charge in [0.05, 0.1) is 13.2 Å². The fourth-order valence-electron chi connectivity index (χ4n) is 2.19. The van der Waals surface area contributed by atoms with E-state index in [0.29, 0.717) is 13.2 Å². The Labute approximate surface area is 220 Å². The van der Waals surface area contributed by atoms with Crippen LogP contribution in [0.3, 0.4) is 0 Å². The van der Waals surface area contributed by atoms with E-state index in [-0.39, 0.29) is 12.2 Å². The number of halogens is 2. The molecule has 0 spiro atoms. The predicted octanol–water partition coefficient (Wildman–Crippen LogP) is 8.79.